The van der Waals surface area contributed by atoms with Crippen molar-refractivity contribution in [1.29, 1.82) is 0 Å². The number of ether oxygens (including phenoxy) is 1. The molecule has 0 atom stereocenters. The molecule has 100 valence electrons. The molecule has 6 nitrogen and oxygen atoms in total. The highest BCUT2D eigenvalue weighted by Crippen LogP contribution is 2.26. The van der Waals surface area contributed by atoms with E-state index in [2.05, 4.69) is 10.3 Å². The van der Waals surface area contributed by atoms with Gasteiger partial charge in [0.15, 0.2) is 11.5 Å². The molecule has 0 unspecified atom stereocenters. The van der Waals surface area contributed by atoms with Gasteiger partial charge in [0.05, 0.1) is 13.7 Å². The molecule has 0 spiro atoms. The molecule has 0 aliphatic heterocycles. The number of carbonyl (C=O) groups is 1. The number of phenolic OH excluding ortho intramolecular Hbond substituents is 1. The zero-order chi connectivity index (χ0) is 13.8. The minimum atomic E-state index is -0.277. The second kappa shape index (κ2) is 5.43. The molecule has 0 fully saturated rings. The first-order valence-corrected chi connectivity index (χ1v) is 5.73. The van der Waals surface area contributed by atoms with Crippen LogP contribution in [0, 0.1) is 0 Å². The third kappa shape index (κ3) is 2.85. The van der Waals surface area contributed by atoms with Crippen LogP contribution in [0.4, 0.5) is 0 Å². The SMILES string of the molecule is COc1ccc(C(=O)NCc2nccn2C)cc1O. The van der Waals surface area contributed by atoms with Crippen LogP contribution in [-0.2, 0) is 13.6 Å². The number of benzene rings is 1. The minimum absolute atomic E-state index is 0.0628. The number of aromatic nitrogens is 2. The molecule has 1 heterocycles. The lowest BCUT2D eigenvalue weighted by molar-refractivity contribution is 0.0949. The monoisotopic (exact) mass is 261 g/mol. The number of phenols is 1. The molecule has 0 aliphatic carbocycles. The lowest BCUT2D eigenvalue weighted by atomic mass is 10.2. The molecule has 0 bridgehead atoms. The van der Waals surface area contributed by atoms with Crippen LogP contribution in [0.3, 0.4) is 0 Å². The predicted molar refractivity (Wildman–Crippen MR) is 69.0 cm³/mol. The van der Waals surface area contributed by atoms with Gasteiger partial charge in [0.1, 0.15) is 5.82 Å². The number of methoxy groups -OCH3 is 1. The molecule has 0 aliphatic rings. The van der Waals surface area contributed by atoms with Gasteiger partial charge >= 0.3 is 0 Å². The second-order valence-corrected chi connectivity index (χ2v) is 4.02. The number of aromatic hydroxyl groups is 1. The number of amides is 1. The second-order valence-electron chi connectivity index (χ2n) is 4.02. The van der Waals surface area contributed by atoms with Crippen molar-refractivity contribution >= 4 is 5.91 Å². The number of nitrogens with one attached hydrogen (secondary N) is 1. The number of rotatable bonds is 4. The Morgan fingerprint density at radius 1 is 1.53 bits per heavy atom. The van der Waals surface area contributed by atoms with Crippen LogP contribution in [0.1, 0.15) is 16.2 Å². The van der Waals surface area contributed by atoms with E-state index < -0.39 is 0 Å². The van der Waals surface area contributed by atoms with Crippen LogP contribution in [0.2, 0.25) is 0 Å². The summed E-state index contributed by atoms with van der Waals surface area (Å²) in [5.41, 5.74) is 0.368. The van der Waals surface area contributed by atoms with E-state index in [1.165, 1.54) is 13.2 Å². The summed E-state index contributed by atoms with van der Waals surface area (Å²) in [6.07, 6.45) is 3.47. The lowest BCUT2D eigenvalue weighted by Gasteiger charge is -2.07. The molecule has 1 aromatic carbocycles. The number of imidazole rings is 1. The Bertz CT molecular complexity index is 593. The van der Waals surface area contributed by atoms with E-state index in [1.54, 1.807) is 24.5 Å². The van der Waals surface area contributed by atoms with Crippen molar-refractivity contribution in [2.24, 2.45) is 7.05 Å². The highest BCUT2D eigenvalue weighted by Gasteiger charge is 2.10. The van der Waals surface area contributed by atoms with E-state index in [1.807, 2.05) is 11.6 Å². The van der Waals surface area contributed by atoms with Crippen molar-refractivity contribution in [3.8, 4) is 11.5 Å². The predicted octanol–water partition coefficient (Wildman–Crippen LogP) is 1.06. The molecule has 2 N–H and O–H groups in total. The van der Waals surface area contributed by atoms with E-state index in [0.29, 0.717) is 17.9 Å². The number of aryl methyl sites for hydroxylation is 1. The Morgan fingerprint density at radius 2 is 2.32 bits per heavy atom. The quantitative estimate of drug-likeness (QED) is 0.863. The van der Waals surface area contributed by atoms with Crippen LogP contribution in [-0.4, -0.2) is 27.7 Å². The average molecular weight is 261 g/mol. The van der Waals surface area contributed by atoms with Crippen LogP contribution in [0.5, 0.6) is 11.5 Å². The van der Waals surface area contributed by atoms with E-state index >= 15 is 0 Å². The fourth-order valence-corrected chi connectivity index (χ4v) is 1.66. The van der Waals surface area contributed by atoms with Crippen molar-refractivity contribution in [2.45, 2.75) is 6.54 Å². The summed E-state index contributed by atoms with van der Waals surface area (Å²) >= 11 is 0. The fraction of sp³-hybridized carbons (Fsp3) is 0.231. The first-order valence-electron chi connectivity index (χ1n) is 5.73. The molecule has 2 aromatic rings. The Labute approximate surface area is 110 Å². The van der Waals surface area contributed by atoms with Crippen LogP contribution in [0.15, 0.2) is 30.6 Å². The van der Waals surface area contributed by atoms with Gasteiger partial charge in [0.2, 0.25) is 0 Å². The number of hydrogen-bond acceptors (Lipinski definition) is 4. The largest absolute Gasteiger partial charge is 0.504 e. The maximum absolute atomic E-state index is 11.9. The topological polar surface area (TPSA) is 76.4 Å². The van der Waals surface area contributed by atoms with Gasteiger partial charge in [-0.3, -0.25) is 4.79 Å². The smallest absolute Gasteiger partial charge is 0.251 e. The third-order valence-corrected chi connectivity index (χ3v) is 2.77. The first-order chi connectivity index (χ1) is 9.11. The molecule has 2 rings (SSSR count). The minimum Gasteiger partial charge on any atom is -0.504 e. The maximum Gasteiger partial charge on any atom is 0.251 e. The van der Waals surface area contributed by atoms with E-state index in [4.69, 9.17) is 4.74 Å². The number of carbonyl (C=O) groups excluding carboxylic acids is 1. The summed E-state index contributed by atoms with van der Waals surface area (Å²) in [7, 11) is 3.31. The highest BCUT2D eigenvalue weighted by atomic mass is 16.5. The Kier molecular flexibility index (Phi) is 3.70. The number of hydrogen-bond donors (Lipinski definition) is 2. The fourth-order valence-electron chi connectivity index (χ4n) is 1.66. The van der Waals surface area contributed by atoms with E-state index in [9.17, 15) is 9.90 Å². The average Bonchev–Trinajstić information content (AvgIpc) is 2.81. The highest BCUT2D eigenvalue weighted by molar-refractivity contribution is 5.94. The van der Waals surface area contributed by atoms with Gasteiger partial charge in [-0.15, -0.1) is 0 Å². The molecule has 19 heavy (non-hydrogen) atoms. The molecular weight excluding hydrogens is 246 g/mol. The number of nitrogens with zero attached hydrogens (tertiary/aromatic N) is 2. The van der Waals surface area contributed by atoms with Crippen molar-refractivity contribution in [2.75, 3.05) is 7.11 Å². The molecule has 6 heteroatoms. The van der Waals surface area contributed by atoms with Crippen LogP contribution >= 0.6 is 0 Å². The van der Waals surface area contributed by atoms with Crippen LogP contribution in [0.25, 0.3) is 0 Å². The Hall–Kier alpha value is -2.50. The summed E-state index contributed by atoms with van der Waals surface area (Å²) < 4.78 is 6.74. The van der Waals surface area contributed by atoms with Gasteiger partial charge in [-0.2, -0.15) is 0 Å². The lowest BCUT2D eigenvalue weighted by Crippen LogP contribution is -2.24. The van der Waals surface area contributed by atoms with E-state index in [0.717, 1.165) is 5.82 Å². The zero-order valence-electron chi connectivity index (χ0n) is 10.8. The maximum atomic E-state index is 11.9. The standard InChI is InChI=1S/C13H15N3O3/c1-16-6-5-14-12(16)8-15-13(18)9-3-4-11(19-2)10(17)7-9/h3-7,17H,8H2,1-2H3,(H,15,18). The molecule has 0 radical (unpaired) electrons. The first kappa shape index (κ1) is 12.9. The summed E-state index contributed by atoms with van der Waals surface area (Å²) in [5.74, 6) is 0.750. The van der Waals surface area contributed by atoms with Gasteiger partial charge in [-0.05, 0) is 18.2 Å². The van der Waals surface area contributed by atoms with Gasteiger partial charge in [-0.1, -0.05) is 0 Å². The van der Waals surface area contributed by atoms with Crippen molar-refractivity contribution in [3.63, 3.8) is 0 Å². The van der Waals surface area contributed by atoms with Crippen molar-refractivity contribution in [3.05, 3.63) is 42.0 Å². The normalized spacial score (nSPS) is 10.2. The van der Waals surface area contributed by atoms with Gasteiger partial charge in [0.25, 0.3) is 5.91 Å². The molecule has 0 saturated carbocycles. The van der Waals surface area contributed by atoms with Gasteiger partial charge in [0, 0.05) is 25.0 Å². The summed E-state index contributed by atoms with van der Waals surface area (Å²) in [6, 6.07) is 4.50. The summed E-state index contributed by atoms with van der Waals surface area (Å²) in [6.45, 7) is 0.328. The third-order valence-electron chi connectivity index (χ3n) is 2.77. The molecule has 0 saturated heterocycles. The summed E-state index contributed by atoms with van der Waals surface area (Å²) in [5, 5.41) is 12.3. The van der Waals surface area contributed by atoms with Gasteiger partial charge < -0.3 is 19.7 Å². The van der Waals surface area contributed by atoms with Gasteiger partial charge in [-0.25, -0.2) is 4.98 Å². The van der Waals surface area contributed by atoms with Crippen molar-refractivity contribution < 1.29 is 14.6 Å². The summed E-state index contributed by atoms with van der Waals surface area (Å²) in [4.78, 5) is 16.0. The van der Waals surface area contributed by atoms with Crippen molar-refractivity contribution in [1.82, 2.24) is 14.9 Å². The Morgan fingerprint density at radius 3 is 2.89 bits per heavy atom. The van der Waals surface area contributed by atoms with Crippen LogP contribution < -0.4 is 10.1 Å². The molecule has 1 amide bonds. The van der Waals surface area contributed by atoms with E-state index in [-0.39, 0.29) is 11.7 Å². The zero-order valence-corrected chi connectivity index (χ0v) is 10.8. The Balaban J connectivity index is 2.04. The molecule has 1 aromatic heterocycles. The molecular formula is C13H15N3O3.